The van der Waals surface area contributed by atoms with Crippen LogP contribution in [0, 0.1) is 33.8 Å². The van der Waals surface area contributed by atoms with Crippen molar-refractivity contribution in [2.45, 2.75) is 13.8 Å². The molecule has 0 radical (unpaired) electrons. The van der Waals surface area contributed by atoms with Crippen molar-refractivity contribution in [2.75, 3.05) is 4.90 Å². The fraction of sp³-hybridized carbons (Fsp3) is 0.333. The summed E-state index contributed by atoms with van der Waals surface area (Å²) in [5.41, 5.74) is 2.72. The van der Waals surface area contributed by atoms with E-state index >= 15 is 0 Å². The molecule has 1 heterocycles. The molecular weight excluding hydrogens is 308 g/mol. The van der Waals surface area contributed by atoms with E-state index in [2.05, 4.69) is 0 Å². The van der Waals surface area contributed by atoms with Crippen molar-refractivity contribution in [2.24, 2.45) is 23.7 Å². The highest BCUT2D eigenvalue weighted by Gasteiger charge is 2.61. The Balaban J connectivity index is 1.71. The predicted molar refractivity (Wildman–Crippen MR) is 87.1 cm³/mol. The van der Waals surface area contributed by atoms with Gasteiger partial charge in [0.1, 0.15) is 0 Å². The van der Waals surface area contributed by atoms with Crippen LogP contribution in [0.1, 0.15) is 13.8 Å². The molecule has 2 bridgehead atoms. The van der Waals surface area contributed by atoms with Crippen molar-refractivity contribution in [3.63, 3.8) is 0 Å². The van der Waals surface area contributed by atoms with Gasteiger partial charge < -0.3 is 0 Å². The highest BCUT2D eigenvalue weighted by Crippen LogP contribution is 2.57. The first-order valence-corrected chi connectivity index (χ1v) is 7.89. The SMILES string of the molecule is CC(C)=C1[C@H]2C=C[C@H]1[C@H]1C(=O)N(c3ccc([N+](=O)[O-])cc3)C(=O)[C@H]12. The molecule has 6 nitrogen and oxygen atoms in total. The molecule has 4 atom stereocenters. The Morgan fingerprint density at radius 2 is 1.50 bits per heavy atom. The molecule has 3 aliphatic rings. The van der Waals surface area contributed by atoms with Gasteiger partial charge in [0.25, 0.3) is 5.69 Å². The average Bonchev–Trinajstić information content (AvgIpc) is 3.18. The summed E-state index contributed by atoms with van der Waals surface area (Å²) in [5, 5.41) is 10.8. The first kappa shape index (κ1) is 14.8. The number of hydrogen-bond donors (Lipinski definition) is 0. The molecule has 1 aromatic carbocycles. The Hall–Kier alpha value is -2.76. The van der Waals surface area contributed by atoms with Gasteiger partial charge in [-0.15, -0.1) is 0 Å². The van der Waals surface area contributed by atoms with Gasteiger partial charge in [-0.05, 0) is 26.0 Å². The van der Waals surface area contributed by atoms with E-state index in [4.69, 9.17) is 0 Å². The molecule has 1 saturated heterocycles. The number of non-ortho nitro benzene ring substituents is 1. The Morgan fingerprint density at radius 3 is 1.92 bits per heavy atom. The third kappa shape index (κ3) is 1.76. The number of allylic oxidation sites excluding steroid dienone is 4. The molecule has 4 rings (SSSR count). The Kier molecular flexibility index (Phi) is 3.00. The molecule has 0 aromatic heterocycles. The lowest BCUT2D eigenvalue weighted by atomic mass is 9.85. The number of benzene rings is 1. The second-order valence-electron chi connectivity index (χ2n) is 6.73. The van der Waals surface area contributed by atoms with Crippen LogP contribution in [-0.4, -0.2) is 16.7 Å². The first-order chi connectivity index (χ1) is 11.4. The molecule has 2 fully saturated rings. The lowest BCUT2D eigenvalue weighted by molar-refractivity contribution is -0.384. The Bertz CT molecular complexity index is 799. The predicted octanol–water partition coefficient (Wildman–Crippen LogP) is 2.85. The van der Waals surface area contributed by atoms with Crippen molar-refractivity contribution in [1.29, 1.82) is 0 Å². The molecule has 0 unspecified atom stereocenters. The summed E-state index contributed by atoms with van der Waals surface area (Å²) in [7, 11) is 0. The molecule has 6 heteroatoms. The molecule has 0 spiro atoms. The van der Waals surface area contributed by atoms with Crippen LogP contribution in [-0.2, 0) is 9.59 Å². The van der Waals surface area contributed by atoms with Gasteiger partial charge in [-0.25, -0.2) is 4.90 Å². The van der Waals surface area contributed by atoms with Crippen LogP contribution in [0.2, 0.25) is 0 Å². The van der Waals surface area contributed by atoms with Gasteiger partial charge >= 0.3 is 0 Å². The van der Waals surface area contributed by atoms with Crippen molar-refractivity contribution < 1.29 is 14.5 Å². The van der Waals surface area contributed by atoms with Crippen LogP contribution in [0.3, 0.4) is 0 Å². The summed E-state index contributed by atoms with van der Waals surface area (Å²) >= 11 is 0. The number of nitro groups is 1. The maximum absolute atomic E-state index is 12.9. The maximum atomic E-state index is 12.9. The van der Waals surface area contributed by atoms with Gasteiger partial charge in [0, 0.05) is 24.0 Å². The highest BCUT2D eigenvalue weighted by molar-refractivity contribution is 6.23. The molecule has 24 heavy (non-hydrogen) atoms. The number of fused-ring (bicyclic) bond motifs is 5. The number of nitrogens with zero attached hydrogens (tertiary/aromatic N) is 2. The van der Waals surface area contributed by atoms with E-state index in [1.807, 2.05) is 26.0 Å². The number of carbonyl (C=O) groups excluding carboxylic acids is 2. The average molecular weight is 324 g/mol. The van der Waals surface area contributed by atoms with Crippen molar-refractivity contribution in [3.05, 3.63) is 57.7 Å². The van der Waals surface area contributed by atoms with Crippen molar-refractivity contribution in [1.82, 2.24) is 0 Å². The standard InChI is InChI=1S/C18H16N2O4/c1-9(2)14-12-7-8-13(14)16-15(12)17(21)19(18(16)22)10-3-5-11(6-4-10)20(23)24/h3-8,12-13,15-16H,1-2H3/t12-,13-,15-,16+/m1/s1. The summed E-state index contributed by atoms with van der Waals surface area (Å²) < 4.78 is 0. The minimum atomic E-state index is -0.503. The van der Waals surface area contributed by atoms with Gasteiger partial charge in [0.05, 0.1) is 22.4 Å². The van der Waals surface area contributed by atoms with Crippen LogP contribution < -0.4 is 4.90 Å². The zero-order valence-electron chi connectivity index (χ0n) is 13.3. The molecule has 2 amide bonds. The van der Waals surface area contributed by atoms with Crippen molar-refractivity contribution in [3.8, 4) is 0 Å². The van der Waals surface area contributed by atoms with E-state index in [1.54, 1.807) is 0 Å². The third-order valence-electron chi connectivity index (χ3n) is 5.31. The molecule has 1 aliphatic heterocycles. The third-order valence-corrected chi connectivity index (χ3v) is 5.31. The van der Waals surface area contributed by atoms with E-state index in [1.165, 1.54) is 40.3 Å². The number of carbonyl (C=O) groups is 2. The Labute approximate surface area is 138 Å². The lowest BCUT2D eigenvalue weighted by Gasteiger charge is -2.19. The van der Waals surface area contributed by atoms with E-state index in [0.29, 0.717) is 5.69 Å². The van der Waals surface area contributed by atoms with Crippen LogP contribution in [0.25, 0.3) is 0 Å². The molecular formula is C18H16N2O4. The quantitative estimate of drug-likeness (QED) is 0.362. The fourth-order valence-corrected chi connectivity index (χ4v) is 4.41. The van der Waals surface area contributed by atoms with Crippen LogP contribution in [0.5, 0.6) is 0 Å². The number of nitro benzene ring substituents is 1. The summed E-state index contributed by atoms with van der Waals surface area (Å²) in [5.74, 6) is -1.07. The summed E-state index contributed by atoms with van der Waals surface area (Å²) in [4.78, 5) is 37.2. The second kappa shape index (κ2) is 4.87. The van der Waals surface area contributed by atoms with E-state index in [9.17, 15) is 19.7 Å². The number of hydrogen-bond acceptors (Lipinski definition) is 4. The van der Waals surface area contributed by atoms with Crippen molar-refractivity contribution >= 4 is 23.2 Å². The summed E-state index contributed by atoms with van der Waals surface area (Å²) in [6.45, 7) is 4.04. The fourth-order valence-electron chi connectivity index (χ4n) is 4.41. The second-order valence-corrected chi connectivity index (χ2v) is 6.73. The minimum Gasteiger partial charge on any atom is -0.274 e. The van der Waals surface area contributed by atoms with E-state index in [-0.39, 0.29) is 41.2 Å². The van der Waals surface area contributed by atoms with E-state index in [0.717, 1.165) is 0 Å². The largest absolute Gasteiger partial charge is 0.274 e. The topological polar surface area (TPSA) is 80.5 Å². The van der Waals surface area contributed by atoms with Crippen LogP contribution >= 0.6 is 0 Å². The summed E-state index contributed by atoms with van der Waals surface area (Å²) in [6.07, 6.45) is 4.08. The number of imide groups is 1. The van der Waals surface area contributed by atoms with E-state index < -0.39 is 4.92 Å². The maximum Gasteiger partial charge on any atom is 0.269 e. The van der Waals surface area contributed by atoms with Crippen LogP contribution in [0.4, 0.5) is 11.4 Å². The monoisotopic (exact) mass is 324 g/mol. The smallest absolute Gasteiger partial charge is 0.269 e. The molecule has 2 aliphatic carbocycles. The van der Waals surface area contributed by atoms with Gasteiger partial charge in [-0.3, -0.25) is 19.7 Å². The van der Waals surface area contributed by atoms with Gasteiger partial charge in [0.15, 0.2) is 0 Å². The van der Waals surface area contributed by atoms with Gasteiger partial charge in [-0.2, -0.15) is 0 Å². The zero-order valence-corrected chi connectivity index (χ0v) is 13.3. The summed E-state index contributed by atoms with van der Waals surface area (Å²) in [6, 6.07) is 5.56. The number of anilines is 1. The molecule has 122 valence electrons. The first-order valence-electron chi connectivity index (χ1n) is 7.89. The highest BCUT2D eigenvalue weighted by atomic mass is 16.6. The Morgan fingerprint density at radius 1 is 1.00 bits per heavy atom. The number of rotatable bonds is 2. The lowest BCUT2D eigenvalue weighted by Crippen LogP contribution is -2.33. The molecule has 1 saturated carbocycles. The minimum absolute atomic E-state index is 0.00417. The van der Waals surface area contributed by atoms with Crippen LogP contribution in [0.15, 0.2) is 47.6 Å². The number of amides is 2. The molecule has 0 N–H and O–H groups in total. The van der Waals surface area contributed by atoms with Gasteiger partial charge in [0.2, 0.25) is 11.8 Å². The normalized spacial score (nSPS) is 30.2. The molecule has 1 aromatic rings. The van der Waals surface area contributed by atoms with Gasteiger partial charge in [-0.1, -0.05) is 23.3 Å². The zero-order chi connectivity index (χ0) is 17.2.